The monoisotopic (exact) mass is 126 g/mol. The fourth-order valence-corrected chi connectivity index (χ4v) is 2.50. The van der Waals surface area contributed by atoms with Gasteiger partial charge in [0.15, 0.2) is 0 Å². The molecule has 3 aliphatic heterocycles. The van der Waals surface area contributed by atoms with Gasteiger partial charge in [-0.25, -0.2) is 0 Å². The molecule has 10 heavy (non-hydrogen) atoms. The van der Waals surface area contributed by atoms with Crippen LogP contribution in [0.1, 0.15) is 0 Å². The van der Waals surface area contributed by atoms with Crippen molar-refractivity contribution in [2.45, 2.75) is 17.5 Å². The molecular formula is C8H8B2. The molecule has 0 aromatic heterocycles. The molecule has 4 unspecified atom stereocenters. The molecule has 3 aliphatic rings. The van der Waals surface area contributed by atoms with E-state index in [2.05, 4.69) is 38.8 Å². The van der Waals surface area contributed by atoms with E-state index < -0.39 is 0 Å². The summed E-state index contributed by atoms with van der Waals surface area (Å²) in [6.45, 7) is 0. The highest BCUT2D eigenvalue weighted by Gasteiger charge is 2.44. The Morgan fingerprint density at radius 3 is 2.80 bits per heavy atom. The number of rotatable bonds is 0. The fourth-order valence-electron chi connectivity index (χ4n) is 2.50. The standard InChI is InChI=1S/C8H8B2/c1-2-7-8-5(3-4-9-8)6(1)10-7/h1-8H. The Kier molecular flexibility index (Phi) is 0.850. The van der Waals surface area contributed by atoms with Crippen LogP contribution in [0.2, 0.25) is 17.5 Å². The topological polar surface area (TPSA) is 0 Å². The molecule has 46 valence electrons. The zero-order valence-electron chi connectivity index (χ0n) is 5.77. The lowest BCUT2D eigenvalue weighted by Gasteiger charge is -2.20. The van der Waals surface area contributed by atoms with Gasteiger partial charge in [-0.1, -0.05) is 29.9 Å². The molecule has 3 rings (SSSR count). The van der Waals surface area contributed by atoms with Crippen LogP contribution < -0.4 is 0 Å². The number of fused-ring (bicyclic) bond motifs is 5. The van der Waals surface area contributed by atoms with Gasteiger partial charge in [-0.05, 0) is 11.7 Å². The number of hydrogen-bond donors (Lipinski definition) is 0. The zero-order chi connectivity index (χ0) is 6.55. The molecule has 0 spiro atoms. The van der Waals surface area contributed by atoms with Gasteiger partial charge in [0, 0.05) is 0 Å². The van der Waals surface area contributed by atoms with Crippen LogP contribution in [-0.2, 0) is 0 Å². The zero-order valence-corrected chi connectivity index (χ0v) is 5.77. The quantitative estimate of drug-likeness (QED) is 0.340. The van der Waals surface area contributed by atoms with Crippen molar-refractivity contribution in [3.05, 3.63) is 24.2 Å². The Hall–Kier alpha value is -0.390. The fraction of sp³-hybridized carbons (Fsp3) is 0.500. The Morgan fingerprint density at radius 1 is 1.00 bits per heavy atom. The minimum Gasteiger partial charge on any atom is -0.126 e. The summed E-state index contributed by atoms with van der Waals surface area (Å²) < 4.78 is 0. The summed E-state index contributed by atoms with van der Waals surface area (Å²) in [5.41, 5.74) is 0. The van der Waals surface area contributed by atoms with Crippen LogP contribution in [0.5, 0.6) is 0 Å². The minimum absolute atomic E-state index is 0.769. The van der Waals surface area contributed by atoms with Crippen LogP contribution in [0, 0.1) is 5.92 Å². The largest absolute Gasteiger partial charge is 0.144 e. The second-order valence-corrected chi connectivity index (χ2v) is 3.46. The molecule has 2 heteroatoms. The van der Waals surface area contributed by atoms with E-state index in [-0.39, 0.29) is 0 Å². The van der Waals surface area contributed by atoms with Crippen LogP contribution in [0.25, 0.3) is 0 Å². The third-order valence-electron chi connectivity index (χ3n) is 3.00. The lowest BCUT2D eigenvalue weighted by Crippen LogP contribution is -2.06. The Labute approximate surface area is 62.9 Å². The summed E-state index contributed by atoms with van der Waals surface area (Å²) in [5.74, 6) is 5.43. The van der Waals surface area contributed by atoms with Crippen molar-refractivity contribution in [3.63, 3.8) is 0 Å². The molecule has 0 nitrogen and oxygen atoms in total. The smallest absolute Gasteiger partial charge is 0.126 e. The second kappa shape index (κ2) is 1.61. The van der Waals surface area contributed by atoms with E-state index in [1.807, 2.05) is 0 Å². The van der Waals surface area contributed by atoms with Crippen molar-refractivity contribution in [2.24, 2.45) is 5.92 Å². The van der Waals surface area contributed by atoms with Gasteiger partial charge in [0.05, 0.1) is 0 Å². The van der Waals surface area contributed by atoms with Crippen molar-refractivity contribution in [2.75, 3.05) is 0 Å². The molecular weight excluding hydrogens is 118 g/mol. The van der Waals surface area contributed by atoms with Gasteiger partial charge in [-0.3, -0.25) is 0 Å². The second-order valence-electron chi connectivity index (χ2n) is 3.46. The van der Waals surface area contributed by atoms with Crippen molar-refractivity contribution in [3.8, 4) is 0 Å². The molecule has 1 saturated heterocycles. The summed E-state index contributed by atoms with van der Waals surface area (Å²) in [6, 6.07) is 0. The van der Waals surface area contributed by atoms with Crippen molar-refractivity contribution >= 4 is 14.6 Å². The first kappa shape index (κ1) is 5.29. The van der Waals surface area contributed by atoms with Gasteiger partial charge >= 0.3 is 0 Å². The highest BCUT2D eigenvalue weighted by Crippen LogP contribution is 2.55. The lowest BCUT2D eigenvalue weighted by atomic mass is 9.56. The maximum atomic E-state index is 2.48. The highest BCUT2D eigenvalue weighted by atomic mass is 14.3. The van der Waals surface area contributed by atoms with Gasteiger partial charge < -0.3 is 0 Å². The van der Waals surface area contributed by atoms with E-state index in [0.717, 1.165) is 23.4 Å². The van der Waals surface area contributed by atoms with Crippen molar-refractivity contribution in [1.29, 1.82) is 0 Å². The maximum Gasteiger partial charge on any atom is 0.144 e. The van der Waals surface area contributed by atoms with Crippen LogP contribution in [0.15, 0.2) is 24.2 Å². The van der Waals surface area contributed by atoms with Crippen LogP contribution in [0.4, 0.5) is 0 Å². The van der Waals surface area contributed by atoms with Crippen LogP contribution >= 0.6 is 0 Å². The molecule has 0 aliphatic carbocycles. The highest BCUT2D eigenvalue weighted by molar-refractivity contribution is 6.55. The van der Waals surface area contributed by atoms with Gasteiger partial charge in [-0.2, -0.15) is 0 Å². The summed E-state index contributed by atoms with van der Waals surface area (Å²) in [4.78, 5) is 0. The van der Waals surface area contributed by atoms with E-state index in [1.165, 1.54) is 0 Å². The average molecular weight is 126 g/mol. The van der Waals surface area contributed by atoms with E-state index in [1.54, 1.807) is 0 Å². The molecule has 0 N–H and O–H groups in total. The normalized spacial score (nSPS) is 52.8. The van der Waals surface area contributed by atoms with Crippen LogP contribution in [0.3, 0.4) is 0 Å². The maximum absolute atomic E-state index is 2.48. The van der Waals surface area contributed by atoms with Gasteiger partial charge in [-0.15, -0.1) is 5.98 Å². The molecule has 2 radical (unpaired) electrons. The van der Waals surface area contributed by atoms with E-state index in [4.69, 9.17) is 0 Å². The first-order chi connectivity index (χ1) is 4.95. The molecule has 3 heterocycles. The average Bonchev–Trinajstić information content (AvgIpc) is 2.60. The van der Waals surface area contributed by atoms with Gasteiger partial charge in [0.2, 0.25) is 0 Å². The Morgan fingerprint density at radius 2 is 1.90 bits per heavy atom. The van der Waals surface area contributed by atoms with Crippen molar-refractivity contribution < 1.29 is 0 Å². The summed E-state index contributed by atoms with van der Waals surface area (Å²) in [6.07, 6.45) is 7.07. The molecule has 0 aromatic rings. The van der Waals surface area contributed by atoms with E-state index in [0.29, 0.717) is 0 Å². The number of hydrogen-bond acceptors (Lipinski definition) is 0. The molecule has 0 saturated carbocycles. The number of allylic oxidation sites excluding steroid dienone is 3. The third-order valence-corrected chi connectivity index (χ3v) is 3.00. The van der Waals surface area contributed by atoms with E-state index >= 15 is 0 Å². The van der Waals surface area contributed by atoms with Gasteiger partial charge in [0.25, 0.3) is 0 Å². The summed E-state index contributed by atoms with van der Waals surface area (Å²) in [7, 11) is 4.84. The summed E-state index contributed by atoms with van der Waals surface area (Å²) in [5, 5.41) is 0. The first-order valence-corrected chi connectivity index (χ1v) is 4.00. The summed E-state index contributed by atoms with van der Waals surface area (Å²) >= 11 is 0. The van der Waals surface area contributed by atoms with Crippen molar-refractivity contribution in [1.82, 2.24) is 0 Å². The third kappa shape index (κ3) is 0.470. The predicted octanol–water partition coefficient (Wildman–Crippen LogP) is 1.49. The van der Waals surface area contributed by atoms with Gasteiger partial charge in [0.1, 0.15) is 14.6 Å². The molecule has 0 aromatic carbocycles. The molecule has 1 fully saturated rings. The molecule has 0 amide bonds. The minimum atomic E-state index is 0.769. The SMILES string of the molecule is [B]1C2C=CC1C1C=C[B]C21. The van der Waals surface area contributed by atoms with E-state index in [9.17, 15) is 0 Å². The predicted molar refractivity (Wildman–Crippen MR) is 44.5 cm³/mol. The molecule has 4 atom stereocenters. The lowest BCUT2D eigenvalue weighted by molar-refractivity contribution is 0.640. The first-order valence-electron chi connectivity index (χ1n) is 4.00. The Bertz CT molecular complexity index is 219. The molecule has 2 bridgehead atoms. The Balaban J connectivity index is 2.04. The van der Waals surface area contributed by atoms with Crippen LogP contribution in [-0.4, -0.2) is 14.6 Å².